The second-order valence-electron chi connectivity index (χ2n) is 2.95. The van der Waals surface area contributed by atoms with Gasteiger partial charge in [-0.25, -0.2) is 8.78 Å². The molecule has 1 aromatic carbocycles. The van der Waals surface area contributed by atoms with Crippen LogP contribution < -0.4 is 4.74 Å². The Hall–Kier alpha value is -0.540. The van der Waals surface area contributed by atoms with Crippen LogP contribution >= 0.6 is 23.2 Å². The van der Waals surface area contributed by atoms with Crippen molar-refractivity contribution < 1.29 is 13.5 Å². The van der Waals surface area contributed by atoms with Gasteiger partial charge in [0.2, 0.25) is 0 Å². The molecule has 0 heterocycles. The zero-order valence-electron chi connectivity index (χ0n) is 7.85. The first-order valence-corrected chi connectivity index (χ1v) is 5.25. The quantitative estimate of drug-likeness (QED) is 0.728. The first-order chi connectivity index (χ1) is 7.21. The summed E-state index contributed by atoms with van der Waals surface area (Å²) in [5.41, 5.74) is 0.825. The summed E-state index contributed by atoms with van der Waals surface area (Å²) in [6.07, 6.45) is -1.09. The van der Waals surface area contributed by atoms with E-state index >= 15 is 0 Å². The van der Waals surface area contributed by atoms with Gasteiger partial charge in [-0.2, -0.15) is 0 Å². The highest BCUT2D eigenvalue weighted by Crippen LogP contribution is 2.27. The number of ether oxygens (including phenoxy) is 1. The average molecular weight is 255 g/mol. The van der Waals surface area contributed by atoms with Gasteiger partial charge in [-0.1, -0.05) is 17.7 Å². The maximum atomic E-state index is 12.2. The van der Waals surface area contributed by atoms with Crippen LogP contribution in [0.2, 0.25) is 5.02 Å². The summed E-state index contributed by atoms with van der Waals surface area (Å²) >= 11 is 11.4. The number of hydrogen-bond donors (Lipinski definition) is 0. The molecule has 0 radical (unpaired) electrons. The lowest BCUT2D eigenvalue weighted by molar-refractivity contribution is 0.134. The Labute approximate surface area is 96.9 Å². The van der Waals surface area contributed by atoms with Gasteiger partial charge in [-0.15, -0.1) is 11.6 Å². The molecule has 1 aromatic rings. The molecule has 0 fully saturated rings. The molecule has 5 heteroatoms. The second kappa shape index (κ2) is 6.13. The van der Waals surface area contributed by atoms with Crippen LogP contribution in [-0.4, -0.2) is 19.5 Å². The summed E-state index contributed by atoms with van der Waals surface area (Å²) in [4.78, 5) is 0. The Morgan fingerprint density at radius 2 is 1.93 bits per heavy atom. The van der Waals surface area contributed by atoms with E-state index < -0.39 is 19.5 Å². The van der Waals surface area contributed by atoms with E-state index in [4.69, 9.17) is 27.9 Å². The molecular weight excluding hydrogens is 245 g/mol. The molecule has 0 aromatic heterocycles. The fourth-order valence-electron chi connectivity index (χ4n) is 1.01. The predicted molar refractivity (Wildman–Crippen MR) is 57.4 cm³/mol. The summed E-state index contributed by atoms with van der Waals surface area (Å²) in [7, 11) is 0. The first kappa shape index (κ1) is 12.5. The predicted octanol–water partition coefficient (Wildman–Crippen LogP) is 3.77. The lowest BCUT2D eigenvalue weighted by atomic mass is 10.2. The lowest BCUT2D eigenvalue weighted by Crippen LogP contribution is -2.21. The van der Waals surface area contributed by atoms with Crippen LogP contribution in [0.4, 0.5) is 8.78 Å². The van der Waals surface area contributed by atoms with Gasteiger partial charge in [0.15, 0.2) is 6.10 Å². The smallest absolute Gasteiger partial charge is 0.155 e. The Kier molecular flexibility index (Phi) is 5.12. The number of hydrogen-bond acceptors (Lipinski definition) is 1. The highest BCUT2D eigenvalue weighted by molar-refractivity contribution is 6.32. The molecule has 0 bridgehead atoms. The minimum absolute atomic E-state index is 0.269. The second-order valence-corrected chi connectivity index (χ2v) is 3.62. The summed E-state index contributed by atoms with van der Waals surface area (Å²) < 4.78 is 29.4. The van der Waals surface area contributed by atoms with Gasteiger partial charge in [0.05, 0.1) is 5.02 Å². The zero-order valence-corrected chi connectivity index (χ0v) is 9.36. The highest BCUT2D eigenvalue weighted by atomic mass is 35.5. The minimum atomic E-state index is -1.09. The van der Waals surface area contributed by atoms with Crippen molar-refractivity contribution >= 4 is 23.2 Å². The van der Waals surface area contributed by atoms with Gasteiger partial charge in [0.1, 0.15) is 19.1 Å². The maximum Gasteiger partial charge on any atom is 0.155 e. The van der Waals surface area contributed by atoms with Crippen LogP contribution in [-0.2, 0) is 5.88 Å². The standard InChI is InChI=1S/C10H10Cl2F2O/c11-4-7-1-2-10(9(12)3-7)15-8(5-13)6-14/h1-3,8H,4-6H2. The van der Waals surface area contributed by atoms with Gasteiger partial charge in [-0.3, -0.25) is 0 Å². The topological polar surface area (TPSA) is 9.23 Å². The number of halogens is 4. The molecule has 0 spiro atoms. The van der Waals surface area contributed by atoms with Gasteiger partial charge in [0, 0.05) is 5.88 Å². The molecule has 0 N–H and O–H groups in total. The number of alkyl halides is 3. The first-order valence-electron chi connectivity index (χ1n) is 4.34. The molecule has 0 saturated carbocycles. The van der Waals surface area contributed by atoms with Crippen LogP contribution in [0.1, 0.15) is 5.56 Å². The van der Waals surface area contributed by atoms with Gasteiger partial charge >= 0.3 is 0 Å². The van der Waals surface area contributed by atoms with Crippen molar-refractivity contribution in [2.75, 3.05) is 13.3 Å². The monoisotopic (exact) mass is 254 g/mol. The maximum absolute atomic E-state index is 12.2. The third-order valence-electron chi connectivity index (χ3n) is 1.79. The van der Waals surface area contributed by atoms with Crippen molar-refractivity contribution in [3.63, 3.8) is 0 Å². The number of rotatable bonds is 5. The van der Waals surface area contributed by atoms with Crippen LogP contribution in [0.25, 0.3) is 0 Å². The summed E-state index contributed by atoms with van der Waals surface area (Å²) in [6.45, 7) is -1.77. The molecule has 15 heavy (non-hydrogen) atoms. The summed E-state index contributed by atoms with van der Waals surface area (Å²) in [6, 6.07) is 4.86. The molecule has 0 unspecified atom stereocenters. The largest absolute Gasteiger partial charge is 0.483 e. The Morgan fingerprint density at radius 3 is 2.40 bits per heavy atom. The minimum Gasteiger partial charge on any atom is -0.483 e. The fraction of sp³-hybridized carbons (Fsp3) is 0.400. The molecule has 0 aliphatic rings. The fourth-order valence-corrected chi connectivity index (χ4v) is 1.42. The Morgan fingerprint density at radius 1 is 1.27 bits per heavy atom. The van der Waals surface area contributed by atoms with Crippen LogP contribution in [0.15, 0.2) is 18.2 Å². The number of benzene rings is 1. The van der Waals surface area contributed by atoms with E-state index in [9.17, 15) is 8.78 Å². The average Bonchev–Trinajstić information content (AvgIpc) is 2.27. The van der Waals surface area contributed by atoms with Gasteiger partial charge in [0.25, 0.3) is 0 Å². The third-order valence-corrected chi connectivity index (χ3v) is 2.39. The van der Waals surface area contributed by atoms with E-state index in [2.05, 4.69) is 0 Å². The molecule has 0 saturated heterocycles. The van der Waals surface area contributed by atoms with Crippen molar-refractivity contribution in [1.82, 2.24) is 0 Å². The van der Waals surface area contributed by atoms with Crippen LogP contribution in [0.3, 0.4) is 0 Å². The SMILES string of the molecule is FCC(CF)Oc1ccc(CCl)cc1Cl. The van der Waals surface area contributed by atoms with E-state index in [1.165, 1.54) is 0 Å². The molecule has 1 nitrogen and oxygen atoms in total. The van der Waals surface area contributed by atoms with E-state index in [1.54, 1.807) is 18.2 Å². The van der Waals surface area contributed by atoms with Crippen molar-refractivity contribution in [2.24, 2.45) is 0 Å². The molecule has 0 aliphatic heterocycles. The van der Waals surface area contributed by atoms with E-state index in [1.807, 2.05) is 0 Å². The normalized spacial score (nSPS) is 10.7. The van der Waals surface area contributed by atoms with E-state index in [0.717, 1.165) is 5.56 Å². The molecule has 0 aliphatic carbocycles. The van der Waals surface area contributed by atoms with Crippen LogP contribution in [0, 0.1) is 0 Å². The Bertz CT molecular complexity index is 316. The van der Waals surface area contributed by atoms with Crippen LogP contribution in [0.5, 0.6) is 5.75 Å². The Balaban J connectivity index is 2.77. The summed E-state index contributed by atoms with van der Waals surface area (Å²) in [5.74, 6) is 0.598. The molecule has 0 atom stereocenters. The van der Waals surface area contributed by atoms with Crippen molar-refractivity contribution in [3.8, 4) is 5.75 Å². The van der Waals surface area contributed by atoms with E-state index in [-0.39, 0.29) is 5.75 Å². The lowest BCUT2D eigenvalue weighted by Gasteiger charge is -2.14. The third kappa shape index (κ3) is 3.50. The van der Waals surface area contributed by atoms with Crippen molar-refractivity contribution in [3.05, 3.63) is 28.8 Å². The highest BCUT2D eigenvalue weighted by Gasteiger charge is 2.12. The molecular formula is C10H10Cl2F2O. The van der Waals surface area contributed by atoms with Gasteiger partial charge in [-0.05, 0) is 17.7 Å². The molecule has 0 amide bonds. The van der Waals surface area contributed by atoms with Crippen molar-refractivity contribution in [2.45, 2.75) is 12.0 Å². The zero-order chi connectivity index (χ0) is 11.3. The summed E-state index contributed by atoms with van der Waals surface area (Å²) in [5, 5.41) is 0.306. The van der Waals surface area contributed by atoms with Crippen molar-refractivity contribution in [1.29, 1.82) is 0 Å². The molecule has 84 valence electrons. The van der Waals surface area contributed by atoms with E-state index in [0.29, 0.717) is 10.9 Å². The van der Waals surface area contributed by atoms with Gasteiger partial charge < -0.3 is 4.74 Å². The molecule has 1 rings (SSSR count).